The Hall–Kier alpha value is -1.19. The molecular formula is C14H16N2S. The summed E-state index contributed by atoms with van der Waals surface area (Å²) in [6, 6.07) is 9.19. The van der Waals surface area contributed by atoms with Crippen LogP contribution < -0.4 is 5.32 Å². The monoisotopic (exact) mass is 244 g/mol. The molecule has 1 heterocycles. The Kier molecular flexibility index (Phi) is 2.95. The molecule has 1 fully saturated rings. The number of thiazole rings is 1. The highest BCUT2D eigenvalue weighted by Gasteiger charge is 2.20. The smallest absolute Gasteiger partial charge is 0.123 e. The molecular weight excluding hydrogens is 228 g/mol. The second-order valence-electron chi connectivity index (χ2n) is 4.60. The van der Waals surface area contributed by atoms with Crippen molar-refractivity contribution in [2.45, 2.75) is 32.4 Å². The standard InChI is InChI=1S/C14H16N2S/c1-10-4-2-3-5-13(10)14-16-9-12(17-14)8-15-11-6-7-11/h2-5,9,11,15H,6-8H2,1H3. The van der Waals surface area contributed by atoms with E-state index in [0.717, 1.165) is 17.6 Å². The minimum absolute atomic E-state index is 0.763. The molecule has 0 unspecified atom stereocenters. The number of nitrogens with one attached hydrogen (secondary N) is 1. The molecule has 17 heavy (non-hydrogen) atoms. The van der Waals surface area contributed by atoms with Gasteiger partial charge in [-0.1, -0.05) is 24.3 Å². The van der Waals surface area contributed by atoms with Crippen molar-refractivity contribution in [3.8, 4) is 10.6 Å². The lowest BCUT2D eigenvalue weighted by molar-refractivity contribution is 0.694. The molecule has 1 aromatic heterocycles. The van der Waals surface area contributed by atoms with Gasteiger partial charge in [-0.05, 0) is 25.3 Å². The molecule has 88 valence electrons. The molecule has 3 heteroatoms. The third-order valence-corrected chi connectivity index (χ3v) is 4.10. The Labute approximate surface area is 106 Å². The van der Waals surface area contributed by atoms with E-state index >= 15 is 0 Å². The number of aromatic nitrogens is 1. The molecule has 1 aliphatic carbocycles. The SMILES string of the molecule is Cc1ccccc1-c1ncc(CNC2CC2)s1. The summed E-state index contributed by atoms with van der Waals surface area (Å²) >= 11 is 1.80. The Morgan fingerprint density at radius 3 is 2.94 bits per heavy atom. The van der Waals surface area contributed by atoms with Gasteiger partial charge in [0.15, 0.2) is 0 Å². The van der Waals surface area contributed by atoms with Crippen LogP contribution in [-0.2, 0) is 6.54 Å². The Morgan fingerprint density at radius 2 is 2.18 bits per heavy atom. The van der Waals surface area contributed by atoms with Gasteiger partial charge in [-0.3, -0.25) is 0 Å². The fourth-order valence-electron chi connectivity index (χ4n) is 1.86. The summed E-state index contributed by atoms with van der Waals surface area (Å²) in [5, 5.41) is 4.66. The molecule has 1 N–H and O–H groups in total. The molecule has 0 aliphatic heterocycles. The maximum Gasteiger partial charge on any atom is 0.123 e. The first kappa shape index (κ1) is 10.9. The van der Waals surface area contributed by atoms with Crippen molar-refractivity contribution in [1.29, 1.82) is 0 Å². The van der Waals surface area contributed by atoms with Crippen molar-refractivity contribution >= 4 is 11.3 Å². The molecule has 1 aliphatic rings. The Bertz CT molecular complexity index is 514. The van der Waals surface area contributed by atoms with Crippen LogP contribution in [0, 0.1) is 6.92 Å². The second kappa shape index (κ2) is 4.59. The summed E-state index contributed by atoms with van der Waals surface area (Å²) in [6.07, 6.45) is 4.68. The van der Waals surface area contributed by atoms with Crippen LogP contribution in [0.3, 0.4) is 0 Å². The fraction of sp³-hybridized carbons (Fsp3) is 0.357. The van der Waals surface area contributed by atoms with Crippen molar-refractivity contribution in [3.63, 3.8) is 0 Å². The number of benzene rings is 1. The summed E-state index contributed by atoms with van der Waals surface area (Å²) in [6.45, 7) is 3.10. The molecule has 0 radical (unpaired) electrons. The summed E-state index contributed by atoms with van der Waals surface area (Å²) in [5.74, 6) is 0. The first-order valence-electron chi connectivity index (χ1n) is 6.07. The van der Waals surface area contributed by atoms with Crippen LogP contribution in [0.15, 0.2) is 30.5 Å². The third-order valence-electron chi connectivity index (χ3n) is 3.07. The van der Waals surface area contributed by atoms with Crippen molar-refractivity contribution in [3.05, 3.63) is 40.9 Å². The lowest BCUT2D eigenvalue weighted by atomic mass is 10.1. The van der Waals surface area contributed by atoms with Gasteiger partial charge in [-0.25, -0.2) is 4.98 Å². The lowest BCUT2D eigenvalue weighted by Gasteiger charge is -2.00. The lowest BCUT2D eigenvalue weighted by Crippen LogP contribution is -2.14. The van der Waals surface area contributed by atoms with Crippen LogP contribution in [-0.4, -0.2) is 11.0 Å². The molecule has 2 aromatic rings. The molecule has 3 rings (SSSR count). The first-order valence-corrected chi connectivity index (χ1v) is 6.88. The Morgan fingerprint density at radius 1 is 1.35 bits per heavy atom. The van der Waals surface area contributed by atoms with E-state index in [1.54, 1.807) is 11.3 Å². The number of hydrogen-bond donors (Lipinski definition) is 1. The second-order valence-corrected chi connectivity index (χ2v) is 5.72. The third kappa shape index (κ3) is 2.56. The van der Waals surface area contributed by atoms with Crippen LogP contribution in [0.2, 0.25) is 0 Å². The van der Waals surface area contributed by atoms with Crippen molar-refractivity contribution in [2.24, 2.45) is 0 Å². The van der Waals surface area contributed by atoms with E-state index in [2.05, 4.69) is 41.5 Å². The van der Waals surface area contributed by atoms with Crippen LogP contribution >= 0.6 is 11.3 Å². The zero-order valence-electron chi connectivity index (χ0n) is 9.94. The largest absolute Gasteiger partial charge is 0.309 e. The summed E-state index contributed by atoms with van der Waals surface area (Å²) in [7, 11) is 0. The highest BCUT2D eigenvalue weighted by molar-refractivity contribution is 7.15. The van der Waals surface area contributed by atoms with Gasteiger partial charge in [-0.2, -0.15) is 0 Å². The minimum Gasteiger partial charge on any atom is -0.309 e. The fourth-order valence-corrected chi connectivity index (χ4v) is 2.81. The quantitative estimate of drug-likeness (QED) is 0.892. The van der Waals surface area contributed by atoms with Gasteiger partial charge >= 0.3 is 0 Å². The molecule has 0 bridgehead atoms. The zero-order valence-corrected chi connectivity index (χ0v) is 10.8. The van der Waals surface area contributed by atoms with Crippen molar-refractivity contribution < 1.29 is 0 Å². The minimum atomic E-state index is 0.763. The van der Waals surface area contributed by atoms with E-state index in [4.69, 9.17) is 0 Å². The van der Waals surface area contributed by atoms with Gasteiger partial charge < -0.3 is 5.32 Å². The van der Waals surface area contributed by atoms with Gasteiger partial charge in [0.2, 0.25) is 0 Å². The van der Waals surface area contributed by atoms with Crippen molar-refractivity contribution in [2.75, 3.05) is 0 Å². The predicted molar refractivity (Wildman–Crippen MR) is 72.1 cm³/mol. The molecule has 0 atom stereocenters. The molecule has 0 spiro atoms. The molecule has 0 amide bonds. The van der Waals surface area contributed by atoms with Gasteiger partial charge in [0.1, 0.15) is 5.01 Å². The van der Waals surface area contributed by atoms with Crippen LogP contribution in [0.4, 0.5) is 0 Å². The summed E-state index contributed by atoms with van der Waals surface area (Å²) in [5.41, 5.74) is 2.55. The van der Waals surface area contributed by atoms with E-state index in [-0.39, 0.29) is 0 Å². The number of aryl methyl sites for hydroxylation is 1. The van der Waals surface area contributed by atoms with Gasteiger partial charge in [-0.15, -0.1) is 11.3 Å². The van der Waals surface area contributed by atoms with E-state index in [1.807, 2.05) is 6.20 Å². The average Bonchev–Trinajstić information content (AvgIpc) is 3.06. The van der Waals surface area contributed by atoms with Crippen LogP contribution in [0.5, 0.6) is 0 Å². The molecule has 2 nitrogen and oxygen atoms in total. The van der Waals surface area contributed by atoms with Gasteiger partial charge in [0, 0.05) is 29.2 Å². The number of hydrogen-bond acceptors (Lipinski definition) is 3. The molecule has 1 aromatic carbocycles. The molecule has 1 saturated carbocycles. The van der Waals surface area contributed by atoms with E-state index in [0.29, 0.717) is 0 Å². The normalized spacial score (nSPS) is 15.1. The summed E-state index contributed by atoms with van der Waals surface area (Å²) < 4.78 is 0. The van der Waals surface area contributed by atoms with Crippen LogP contribution in [0.1, 0.15) is 23.3 Å². The van der Waals surface area contributed by atoms with E-state index in [1.165, 1.54) is 28.8 Å². The average molecular weight is 244 g/mol. The highest BCUT2D eigenvalue weighted by Crippen LogP contribution is 2.28. The molecule has 0 saturated heterocycles. The van der Waals surface area contributed by atoms with Crippen molar-refractivity contribution in [1.82, 2.24) is 10.3 Å². The first-order chi connectivity index (χ1) is 8.33. The maximum absolute atomic E-state index is 4.52. The van der Waals surface area contributed by atoms with E-state index < -0.39 is 0 Å². The summed E-state index contributed by atoms with van der Waals surface area (Å²) in [4.78, 5) is 5.85. The van der Waals surface area contributed by atoms with Crippen LogP contribution in [0.25, 0.3) is 10.6 Å². The van der Waals surface area contributed by atoms with Gasteiger partial charge in [0.25, 0.3) is 0 Å². The highest BCUT2D eigenvalue weighted by atomic mass is 32.1. The van der Waals surface area contributed by atoms with E-state index in [9.17, 15) is 0 Å². The number of rotatable bonds is 4. The van der Waals surface area contributed by atoms with Gasteiger partial charge in [0.05, 0.1) is 0 Å². The Balaban J connectivity index is 1.77. The maximum atomic E-state index is 4.52. The zero-order chi connectivity index (χ0) is 11.7. The topological polar surface area (TPSA) is 24.9 Å². The number of nitrogens with zero attached hydrogens (tertiary/aromatic N) is 1. The predicted octanol–water partition coefficient (Wildman–Crippen LogP) is 3.37.